The van der Waals surface area contributed by atoms with Gasteiger partial charge in [0.2, 0.25) is 0 Å². The Morgan fingerprint density at radius 3 is 2.90 bits per heavy atom. The molecule has 0 aliphatic heterocycles. The molecule has 1 heterocycles. The zero-order valence-corrected chi connectivity index (χ0v) is 6.07. The molecule has 0 saturated heterocycles. The molecule has 1 aromatic rings. The number of hydrogen-bond acceptors (Lipinski definition) is 3. The van der Waals surface area contributed by atoms with Gasteiger partial charge in [-0.1, -0.05) is 0 Å². The first-order chi connectivity index (χ1) is 4.68. The maximum Gasteiger partial charge on any atom is 0.149 e. The Balaban J connectivity index is 2.58. The zero-order chi connectivity index (χ0) is 7.56. The SMILES string of the molecule is CC(O)Nc1ccn(C)n1. The highest BCUT2D eigenvalue weighted by Gasteiger charge is 1.96. The van der Waals surface area contributed by atoms with E-state index in [2.05, 4.69) is 10.4 Å². The monoisotopic (exact) mass is 141 g/mol. The van der Waals surface area contributed by atoms with E-state index in [0.717, 1.165) is 0 Å². The van der Waals surface area contributed by atoms with E-state index in [0.29, 0.717) is 5.82 Å². The van der Waals surface area contributed by atoms with E-state index in [9.17, 15) is 0 Å². The Hall–Kier alpha value is -1.03. The number of rotatable bonds is 2. The molecule has 56 valence electrons. The van der Waals surface area contributed by atoms with Crippen LogP contribution in [0.15, 0.2) is 12.3 Å². The summed E-state index contributed by atoms with van der Waals surface area (Å²) in [5.41, 5.74) is 0. The smallest absolute Gasteiger partial charge is 0.149 e. The Morgan fingerprint density at radius 2 is 2.50 bits per heavy atom. The van der Waals surface area contributed by atoms with E-state index in [1.54, 1.807) is 17.7 Å². The number of anilines is 1. The number of aliphatic hydroxyl groups is 1. The standard InChI is InChI=1S/C6H11N3O/c1-5(10)7-6-3-4-9(2)8-6/h3-5,10H,1-2H3,(H,7,8). The van der Waals surface area contributed by atoms with Gasteiger partial charge in [0, 0.05) is 19.3 Å². The molecule has 0 fully saturated rings. The molecule has 0 amide bonds. The van der Waals surface area contributed by atoms with Crippen LogP contribution in [0.25, 0.3) is 0 Å². The van der Waals surface area contributed by atoms with Crippen LogP contribution in [-0.4, -0.2) is 21.1 Å². The first kappa shape index (κ1) is 7.08. The topological polar surface area (TPSA) is 50.1 Å². The molecule has 0 saturated carbocycles. The molecule has 0 aromatic carbocycles. The lowest BCUT2D eigenvalue weighted by molar-refractivity contribution is 0.224. The van der Waals surface area contributed by atoms with Crippen molar-refractivity contribution in [1.82, 2.24) is 9.78 Å². The summed E-state index contributed by atoms with van der Waals surface area (Å²) in [7, 11) is 1.83. The van der Waals surface area contributed by atoms with E-state index < -0.39 is 6.23 Å². The van der Waals surface area contributed by atoms with Gasteiger partial charge in [0.25, 0.3) is 0 Å². The highest BCUT2D eigenvalue weighted by atomic mass is 16.3. The van der Waals surface area contributed by atoms with Crippen LogP contribution in [-0.2, 0) is 7.05 Å². The number of nitrogens with one attached hydrogen (secondary N) is 1. The predicted molar refractivity (Wildman–Crippen MR) is 38.5 cm³/mol. The molecule has 0 aliphatic rings. The van der Waals surface area contributed by atoms with Crippen molar-refractivity contribution in [3.05, 3.63) is 12.3 Å². The van der Waals surface area contributed by atoms with Crippen LogP contribution < -0.4 is 5.32 Å². The first-order valence-electron chi connectivity index (χ1n) is 3.13. The van der Waals surface area contributed by atoms with Gasteiger partial charge in [-0.25, -0.2) is 0 Å². The average Bonchev–Trinajstić information content (AvgIpc) is 2.13. The fourth-order valence-electron chi connectivity index (χ4n) is 0.706. The summed E-state index contributed by atoms with van der Waals surface area (Å²) in [6.45, 7) is 1.65. The van der Waals surface area contributed by atoms with Gasteiger partial charge in [0.05, 0.1) is 0 Å². The lowest BCUT2D eigenvalue weighted by atomic mass is 10.6. The molecule has 1 aromatic heterocycles. The summed E-state index contributed by atoms with van der Waals surface area (Å²) >= 11 is 0. The molecular weight excluding hydrogens is 130 g/mol. The Bertz CT molecular complexity index is 207. The van der Waals surface area contributed by atoms with Crippen LogP contribution in [0.4, 0.5) is 5.82 Å². The summed E-state index contributed by atoms with van der Waals surface area (Å²) in [6, 6.07) is 1.80. The molecule has 1 atom stereocenters. The predicted octanol–water partition coefficient (Wildman–Crippen LogP) is 0.170. The fourth-order valence-corrected chi connectivity index (χ4v) is 0.706. The minimum Gasteiger partial charge on any atom is -0.374 e. The summed E-state index contributed by atoms with van der Waals surface area (Å²) in [5, 5.41) is 15.6. The van der Waals surface area contributed by atoms with Crippen molar-refractivity contribution in [2.75, 3.05) is 5.32 Å². The van der Waals surface area contributed by atoms with Gasteiger partial charge in [-0.05, 0) is 6.92 Å². The molecule has 0 aliphatic carbocycles. The van der Waals surface area contributed by atoms with E-state index >= 15 is 0 Å². The summed E-state index contributed by atoms with van der Waals surface area (Å²) in [5.74, 6) is 0.692. The van der Waals surface area contributed by atoms with Crippen molar-refractivity contribution >= 4 is 5.82 Å². The van der Waals surface area contributed by atoms with Crippen LogP contribution in [0.3, 0.4) is 0 Å². The zero-order valence-electron chi connectivity index (χ0n) is 6.07. The van der Waals surface area contributed by atoms with Crippen molar-refractivity contribution in [2.24, 2.45) is 7.05 Å². The van der Waals surface area contributed by atoms with Gasteiger partial charge < -0.3 is 10.4 Å². The molecule has 4 heteroatoms. The Labute approximate surface area is 59.5 Å². The number of aromatic nitrogens is 2. The third-order valence-corrected chi connectivity index (χ3v) is 1.07. The average molecular weight is 141 g/mol. The van der Waals surface area contributed by atoms with Crippen LogP contribution in [0.1, 0.15) is 6.92 Å². The second-order valence-electron chi connectivity index (χ2n) is 2.19. The van der Waals surface area contributed by atoms with Gasteiger partial charge in [0.1, 0.15) is 12.0 Å². The number of aliphatic hydroxyl groups excluding tert-OH is 1. The van der Waals surface area contributed by atoms with Crippen LogP contribution >= 0.6 is 0 Å². The molecule has 10 heavy (non-hydrogen) atoms. The molecule has 1 rings (SSSR count). The summed E-state index contributed by atoms with van der Waals surface area (Å²) < 4.78 is 1.67. The van der Waals surface area contributed by atoms with Crippen molar-refractivity contribution in [1.29, 1.82) is 0 Å². The van der Waals surface area contributed by atoms with Gasteiger partial charge in [-0.3, -0.25) is 4.68 Å². The third-order valence-electron chi connectivity index (χ3n) is 1.07. The van der Waals surface area contributed by atoms with Gasteiger partial charge >= 0.3 is 0 Å². The van der Waals surface area contributed by atoms with E-state index in [1.165, 1.54) is 0 Å². The molecule has 4 nitrogen and oxygen atoms in total. The lowest BCUT2D eigenvalue weighted by Gasteiger charge is -2.03. The minimum atomic E-state index is -0.546. The highest BCUT2D eigenvalue weighted by molar-refractivity contribution is 5.32. The normalized spacial score (nSPS) is 13.1. The van der Waals surface area contributed by atoms with Crippen LogP contribution in [0.5, 0.6) is 0 Å². The molecule has 2 N–H and O–H groups in total. The Morgan fingerprint density at radius 1 is 1.80 bits per heavy atom. The van der Waals surface area contributed by atoms with E-state index in [4.69, 9.17) is 5.11 Å². The molecule has 0 spiro atoms. The molecular formula is C6H11N3O. The van der Waals surface area contributed by atoms with Gasteiger partial charge in [-0.15, -0.1) is 0 Å². The number of hydrogen-bond donors (Lipinski definition) is 2. The second kappa shape index (κ2) is 2.70. The summed E-state index contributed by atoms with van der Waals surface area (Å²) in [6.07, 6.45) is 1.26. The largest absolute Gasteiger partial charge is 0.374 e. The maximum absolute atomic E-state index is 8.85. The quantitative estimate of drug-likeness (QED) is 0.577. The van der Waals surface area contributed by atoms with Crippen molar-refractivity contribution in [3.8, 4) is 0 Å². The van der Waals surface area contributed by atoms with E-state index in [1.807, 2.05) is 13.2 Å². The molecule has 0 radical (unpaired) electrons. The summed E-state index contributed by atoms with van der Waals surface area (Å²) in [4.78, 5) is 0. The Kier molecular flexibility index (Phi) is 1.91. The number of aryl methyl sites for hydroxylation is 1. The molecule has 1 unspecified atom stereocenters. The lowest BCUT2D eigenvalue weighted by Crippen LogP contribution is -2.13. The third kappa shape index (κ3) is 1.73. The maximum atomic E-state index is 8.85. The van der Waals surface area contributed by atoms with Crippen molar-refractivity contribution in [2.45, 2.75) is 13.2 Å². The van der Waals surface area contributed by atoms with Gasteiger partial charge in [0.15, 0.2) is 0 Å². The second-order valence-corrected chi connectivity index (χ2v) is 2.19. The van der Waals surface area contributed by atoms with Crippen molar-refractivity contribution in [3.63, 3.8) is 0 Å². The number of nitrogens with zero attached hydrogens (tertiary/aromatic N) is 2. The highest BCUT2D eigenvalue weighted by Crippen LogP contribution is 2.00. The molecule has 0 bridgehead atoms. The minimum absolute atomic E-state index is 0.546. The van der Waals surface area contributed by atoms with Crippen LogP contribution in [0.2, 0.25) is 0 Å². The van der Waals surface area contributed by atoms with E-state index in [-0.39, 0.29) is 0 Å². The van der Waals surface area contributed by atoms with Gasteiger partial charge in [-0.2, -0.15) is 5.10 Å². The van der Waals surface area contributed by atoms with Crippen LogP contribution in [0, 0.1) is 0 Å². The first-order valence-corrected chi connectivity index (χ1v) is 3.13. The fraction of sp³-hybridized carbons (Fsp3) is 0.500. The van der Waals surface area contributed by atoms with Crippen molar-refractivity contribution < 1.29 is 5.11 Å².